The van der Waals surface area contributed by atoms with Crippen LogP contribution in [0.4, 0.5) is 0 Å². The summed E-state index contributed by atoms with van der Waals surface area (Å²) in [4.78, 5) is 0. The van der Waals surface area contributed by atoms with Crippen LogP contribution in [0.25, 0.3) is 0 Å². The molecule has 2 N–H and O–H groups in total. The van der Waals surface area contributed by atoms with E-state index in [1.165, 1.54) is 5.75 Å². The molecule has 2 saturated heterocycles. The molecule has 2 aliphatic heterocycles. The summed E-state index contributed by atoms with van der Waals surface area (Å²) in [7, 11) is -3.12. The molecule has 0 spiro atoms. The van der Waals surface area contributed by atoms with Crippen LogP contribution in [0.15, 0.2) is 0 Å². The van der Waals surface area contributed by atoms with Gasteiger partial charge in [0.25, 0.3) is 0 Å². The fraction of sp³-hybridized carbons (Fsp3) is 1.00. The number of piperidine rings is 1. The van der Waals surface area contributed by atoms with E-state index in [0.717, 1.165) is 30.9 Å². The van der Waals surface area contributed by atoms with Gasteiger partial charge < -0.3 is 5.32 Å². The maximum atomic E-state index is 12.1. The van der Waals surface area contributed by atoms with Crippen molar-refractivity contribution < 1.29 is 8.42 Å². The first-order valence-electron chi connectivity index (χ1n) is 6.07. The smallest absolute Gasteiger partial charge is 0.215 e. The molecular weight excluding hydrogens is 276 g/mol. The van der Waals surface area contributed by atoms with Crippen LogP contribution >= 0.6 is 23.5 Å². The van der Waals surface area contributed by atoms with Crippen molar-refractivity contribution in [3.63, 3.8) is 0 Å². The fourth-order valence-electron chi connectivity index (χ4n) is 2.07. The lowest BCUT2D eigenvalue weighted by Crippen LogP contribution is -2.46. The summed E-state index contributed by atoms with van der Waals surface area (Å²) in [6.45, 7) is 2.14. The van der Waals surface area contributed by atoms with Gasteiger partial charge in [-0.15, -0.1) is 0 Å². The molecule has 2 atom stereocenters. The summed E-state index contributed by atoms with van der Waals surface area (Å²) in [5.41, 5.74) is 0. The maximum absolute atomic E-state index is 12.1. The molecule has 0 radical (unpaired) electrons. The molecule has 2 fully saturated rings. The third kappa shape index (κ3) is 4.31. The molecule has 17 heavy (non-hydrogen) atoms. The second-order valence-corrected chi connectivity index (χ2v) is 9.03. The number of thioether (sulfide) groups is 2. The fourth-order valence-corrected chi connectivity index (χ4v) is 6.27. The van der Waals surface area contributed by atoms with Gasteiger partial charge in [0.05, 0.1) is 5.25 Å². The van der Waals surface area contributed by atoms with Gasteiger partial charge in [0, 0.05) is 35.6 Å². The molecule has 100 valence electrons. The van der Waals surface area contributed by atoms with Crippen molar-refractivity contribution in [2.45, 2.75) is 23.3 Å². The number of hydrogen-bond acceptors (Lipinski definition) is 5. The molecule has 0 aromatic carbocycles. The molecule has 7 heteroatoms. The third-order valence-corrected chi connectivity index (χ3v) is 7.78. The van der Waals surface area contributed by atoms with E-state index in [-0.39, 0.29) is 5.25 Å². The molecular formula is C10H20N2O2S3. The first-order valence-corrected chi connectivity index (χ1v) is 9.82. The van der Waals surface area contributed by atoms with Crippen LogP contribution in [-0.4, -0.2) is 55.8 Å². The monoisotopic (exact) mass is 296 g/mol. The molecule has 2 rings (SSSR count). The van der Waals surface area contributed by atoms with Gasteiger partial charge >= 0.3 is 0 Å². The van der Waals surface area contributed by atoms with E-state index in [1.807, 2.05) is 23.5 Å². The minimum absolute atomic E-state index is 0.238. The Morgan fingerprint density at radius 1 is 1.35 bits per heavy atom. The van der Waals surface area contributed by atoms with Crippen molar-refractivity contribution in [2.75, 3.05) is 36.9 Å². The molecule has 2 unspecified atom stereocenters. The second kappa shape index (κ2) is 6.65. The number of nitrogens with one attached hydrogen (secondary N) is 2. The zero-order valence-electron chi connectivity index (χ0n) is 9.85. The average molecular weight is 296 g/mol. The average Bonchev–Trinajstić information content (AvgIpc) is 2.39. The highest BCUT2D eigenvalue weighted by Gasteiger charge is 2.27. The zero-order valence-corrected chi connectivity index (χ0v) is 12.3. The Morgan fingerprint density at radius 3 is 2.88 bits per heavy atom. The van der Waals surface area contributed by atoms with Gasteiger partial charge in [-0.05, 0) is 19.4 Å². The maximum Gasteiger partial charge on any atom is 0.215 e. The molecule has 4 nitrogen and oxygen atoms in total. The number of rotatable bonds is 4. The molecule has 0 aliphatic carbocycles. The molecule has 0 saturated carbocycles. The Labute approximate surface area is 112 Å². The van der Waals surface area contributed by atoms with E-state index in [0.29, 0.717) is 18.3 Å². The van der Waals surface area contributed by atoms with Crippen LogP contribution in [0, 0.1) is 0 Å². The first kappa shape index (κ1) is 14.0. The molecule has 2 heterocycles. The standard InChI is InChI=1S/C10H20N2O2S3/c13-17(14,10-2-1-3-11-7-10)12-6-9-8-15-4-5-16-9/h9-12H,1-8H2. The zero-order chi connectivity index (χ0) is 12.1. The van der Waals surface area contributed by atoms with Gasteiger partial charge in [0.1, 0.15) is 0 Å². The van der Waals surface area contributed by atoms with E-state index in [1.54, 1.807) is 0 Å². The van der Waals surface area contributed by atoms with E-state index in [9.17, 15) is 8.42 Å². The van der Waals surface area contributed by atoms with Crippen molar-refractivity contribution in [1.29, 1.82) is 0 Å². The predicted molar refractivity (Wildman–Crippen MR) is 76.4 cm³/mol. The normalized spacial score (nSPS) is 31.3. The molecule has 2 aliphatic rings. The van der Waals surface area contributed by atoms with Crippen LogP contribution in [0.5, 0.6) is 0 Å². The highest BCUT2D eigenvalue weighted by molar-refractivity contribution is 8.06. The lowest BCUT2D eigenvalue weighted by atomic mass is 10.2. The van der Waals surface area contributed by atoms with E-state index >= 15 is 0 Å². The topological polar surface area (TPSA) is 58.2 Å². The Bertz CT molecular complexity index is 322. The Hall–Kier alpha value is 0.570. The van der Waals surface area contributed by atoms with Crippen LogP contribution in [0.1, 0.15) is 12.8 Å². The van der Waals surface area contributed by atoms with Crippen molar-refractivity contribution in [1.82, 2.24) is 10.0 Å². The summed E-state index contributed by atoms with van der Waals surface area (Å²) in [5, 5.41) is 3.36. The van der Waals surface area contributed by atoms with E-state index < -0.39 is 10.0 Å². The Morgan fingerprint density at radius 2 is 2.24 bits per heavy atom. The Kier molecular flexibility index (Phi) is 5.48. The van der Waals surface area contributed by atoms with Crippen molar-refractivity contribution in [2.24, 2.45) is 0 Å². The van der Waals surface area contributed by atoms with Crippen LogP contribution in [0.3, 0.4) is 0 Å². The highest BCUT2D eigenvalue weighted by Crippen LogP contribution is 2.23. The largest absolute Gasteiger partial charge is 0.315 e. The SMILES string of the molecule is O=S(=O)(NCC1CSCCS1)C1CCCNC1. The van der Waals surface area contributed by atoms with Crippen LogP contribution in [0.2, 0.25) is 0 Å². The summed E-state index contributed by atoms with van der Waals surface area (Å²) >= 11 is 3.81. The van der Waals surface area contributed by atoms with Gasteiger partial charge in [-0.2, -0.15) is 23.5 Å². The minimum Gasteiger partial charge on any atom is -0.315 e. The van der Waals surface area contributed by atoms with Gasteiger partial charge in [-0.25, -0.2) is 13.1 Å². The summed E-state index contributed by atoms with van der Waals surface area (Å²) in [6.07, 6.45) is 1.74. The quantitative estimate of drug-likeness (QED) is 0.791. The summed E-state index contributed by atoms with van der Waals surface area (Å²) in [6, 6.07) is 0. The van der Waals surface area contributed by atoms with Crippen molar-refractivity contribution in [3.05, 3.63) is 0 Å². The number of hydrogen-bond donors (Lipinski definition) is 2. The summed E-state index contributed by atoms with van der Waals surface area (Å²) in [5.74, 6) is 3.40. The minimum atomic E-state index is -3.12. The van der Waals surface area contributed by atoms with Crippen LogP contribution in [-0.2, 0) is 10.0 Å². The molecule has 0 bridgehead atoms. The molecule has 0 amide bonds. The van der Waals surface area contributed by atoms with Gasteiger partial charge in [-0.3, -0.25) is 0 Å². The lowest BCUT2D eigenvalue weighted by molar-refractivity contribution is 0.490. The van der Waals surface area contributed by atoms with Crippen molar-refractivity contribution >= 4 is 33.5 Å². The van der Waals surface area contributed by atoms with Gasteiger partial charge in [0.15, 0.2) is 0 Å². The second-order valence-electron chi connectivity index (χ2n) is 4.43. The lowest BCUT2D eigenvalue weighted by Gasteiger charge is -2.25. The van der Waals surface area contributed by atoms with E-state index in [2.05, 4.69) is 10.0 Å². The van der Waals surface area contributed by atoms with Crippen LogP contribution < -0.4 is 10.0 Å². The molecule has 0 aromatic rings. The Balaban J connectivity index is 1.79. The van der Waals surface area contributed by atoms with Crippen molar-refractivity contribution in [3.8, 4) is 0 Å². The third-order valence-electron chi connectivity index (χ3n) is 3.09. The number of sulfonamides is 1. The van der Waals surface area contributed by atoms with Gasteiger partial charge in [0.2, 0.25) is 10.0 Å². The van der Waals surface area contributed by atoms with Gasteiger partial charge in [-0.1, -0.05) is 0 Å². The summed E-state index contributed by atoms with van der Waals surface area (Å²) < 4.78 is 26.9. The molecule has 0 aromatic heterocycles. The predicted octanol–water partition coefficient (Wildman–Crippen LogP) is 0.506. The first-order chi connectivity index (χ1) is 8.18. The highest BCUT2D eigenvalue weighted by atomic mass is 32.2. The van der Waals surface area contributed by atoms with E-state index in [4.69, 9.17) is 0 Å².